The minimum absolute atomic E-state index is 0.00696. The summed E-state index contributed by atoms with van der Waals surface area (Å²) < 4.78 is 0. The van der Waals surface area contributed by atoms with Gasteiger partial charge < -0.3 is 10.0 Å². The fraction of sp³-hybridized carbons (Fsp3) is 0.600. The van der Waals surface area contributed by atoms with Gasteiger partial charge in [-0.2, -0.15) is 0 Å². The average molecular weight is 268 g/mol. The Kier molecular flexibility index (Phi) is 4.18. The average Bonchev–Trinajstić information content (AvgIpc) is 2.39. The molecule has 1 fully saturated rings. The normalized spacial score (nSPS) is 19.0. The first kappa shape index (κ1) is 13.7. The van der Waals surface area contributed by atoms with Crippen LogP contribution in [0.3, 0.4) is 0 Å². The largest absolute Gasteiger partial charge is 0.392 e. The Morgan fingerprint density at radius 1 is 1.33 bits per heavy atom. The molecule has 100 valence electrons. The molecule has 0 spiro atoms. The molecule has 2 rings (SSSR count). The SMILES string of the molecule is CCC1(C)CCN(c2ccc(CO)c(Cl)c2)CC1. The molecule has 2 nitrogen and oxygen atoms in total. The van der Waals surface area contributed by atoms with Gasteiger partial charge in [0.25, 0.3) is 0 Å². The molecule has 0 aromatic heterocycles. The van der Waals surface area contributed by atoms with Crippen molar-refractivity contribution in [1.29, 1.82) is 0 Å². The summed E-state index contributed by atoms with van der Waals surface area (Å²) in [6, 6.07) is 5.96. The van der Waals surface area contributed by atoms with Crippen molar-refractivity contribution in [2.24, 2.45) is 5.41 Å². The second-order valence-electron chi connectivity index (χ2n) is 5.59. The molecule has 0 saturated carbocycles. The lowest BCUT2D eigenvalue weighted by Crippen LogP contribution is -2.38. The van der Waals surface area contributed by atoms with E-state index >= 15 is 0 Å². The van der Waals surface area contributed by atoms with Crippen molar-refractivity contribution in [3.63, 3.8) is 0 Å². The topological polar surface area (TPSA) is 23.5 Å². The molecule has 0 bridgehead atoms. The van der Waals surface area contributed by atoms with E-state index in [-0.39, 0.29) is 6.61 Å². The van der Waals surface area contributed by atoms with Crippen LogP contribution in [-0.2, 0) is 6.61 Å². The first-order valence-electron chi connectivity index (χ1n) is 6.72. The van der Waals surface area contributed by atoms with Gasteiger partial charge in [-0.25, -0.2) is 0 Å². The van der Waals surface area contributed by atoms with Crippen LogP contribution in [0.1, 0.15) is 38.7 Å². The van der Waals surface area contributed by atoms with E-state index in [1.165, 1.54) is 24.9 Å². The maximum absolute atomic E-state index is 9.12. The van der Waals surface area contributed by atoms with Gasteiger partial charge >= 0.3 is 0 Å². The summed E-state index contributed by atoms with van der Waals surface area (Å²) in [4.78, 5) is 2.39. The zero-order chi connectivity index (χ0) is 13.2. The number of nitrogens with zero attached hydrogens (tertiary/aromatic N) is 1. The monoisotopic (exact) mass is 267 g/mol. The van der Waals surface area contributed by atoms with Gasteiger partial charge in [0.2, 0.25) is 0 Å². The third kappa shape index (κ3) is 2.81. The van der Waals surface area contributed by atoms with Crippen LogP contribution >= 0.6 is 11.6 Å². The molecule has 1 aromatic rings. The van der Waals surface area contributed by atoms with Crippen LogP contribution in [0.2, 0.25) is 5.02 Å². The lowest BCUT2D eigenvalue weighted by molar-refractivity contribution is 0.238. The number of halogens is 1. The number of benzene rings is 1. The summed E-state index contributed by atoms with van der Waals surface area (Å²) in [6.45, 7) is 6.86. The van der Waals surface area contributed by atoms with Crippen LogP contribution in [0.25, 0.3) is 0 Å². The summed E-state index contributed by atoms with van der Waals surface area (Å²) in [6.07, 6.45) is 3.73. The number of rotatable bonds is 3. The number of anilines is 1. The van der Waals surface area contributed by atoms with Crippen LogP contribution in [0.15, 0.2) is 18.2 Å². The molecule has 3 heteroatoms. The number of aliphatic hydroxyl groups is 1. The molecule has 1 N–H and O–H groups in total. The Hall–Kier alpha value is -0.730. The molecule has 18 heavy (non-hydrogen) atoms. The van der Waals surface area contributed by atoms with E-state index in [4.69, 9.17) is 16.7 Å². The van der Waals surface area contributed by atoms with Gasteiger partial charge in [-0.05, 0) is 36.0 Å². The second-order valence-corrected chi connectivity index (χ2v) is 5.99. The van der Waals surface area contributed by atoms with Crippen molar-refractivity contribution in [3.8, 4) is 0 Å². The highest BCUT2D eigenvalue weighted by Gasteiger charge is 2.28. The van der Waals surface area contributed by atoms with Crippen molar-refractivity contribution in [1.82, 2.24) is 0 Å². The van der Waals surface area contributed by atoms with E-state index in [0.717, 1.165) is 18.7 Å². The summed E-state index contributed by atoms with van der Waals surface area (Å²) >= 11 is 6.15. The van der Waals surface area contributed by atoms with Crippen molar-refractivity contribution >= 4 is 17.3 Å². The number of aliphatic hydroxyl groups excluding tert-OH is 1. The Bertz CT molecular complexity index is 411. The second kappa shape index (κ2) is 5.50. The Morgan fingerprint density at radius 2 is 2.00 bits per heavy atom. The fourth-order valence-corrected chi connectivity index (χ4v) is 2.75. The van der Waals surface area contributed by atoms with Gasteiger partial charge in [0.1, 0.15) is 0 Å². The molecule has 0 amide bonds. The van der Waals surface area contributed by atoms with E-state index in [1.54, 1.807) is 0 Å². The van der Waals surface area contributed by atoms with E-state index in [2.05, 4.69) is 24.8 Å². The van der Waals surface area contributed by atoms with E-state index in [0.29, 0.717) is 10.4 Å². The molecule has 0 atom stereocenters. The summed E-state index contributed by atoms with van der Waals surface area (Å²) in [5, 5.41) is 9.79. The van der Waals surface area contributed by atoms with Gasteiger partial charge in [0, 0.05) is 23.8 Å². The van der Waals surface area contributed by atoms with Gasteiger partial charge in [-0.3, -0.25) is 0 Å². The molecule has 1 aliphatic rings. The zero-order valence-corrected chi connectivity index (χ0v) is 12.0. The first-order valence-corrected chi connectivity index (χ1v) is 7.10. The van der Waals surface area contributed by atoms with Crippen LogP contribution in [0.4, 0.5) is 5.69 Å². The van der Waals surface area contributed by atoms with Crippen molar-refractivity contribution in [3.05, 3.63) is 28.8 Å². The Balaban J connectivity index is 2.08. The highest BCUT2D eigenvalue weighted by atomic mass is 35.5. The predicted molar refractivity (Wildman–Crippen MR) is 77.2 cm³/mol. The molecular weight excluding hydrogens is 246 g/mol. The Labute approximate surface area is 115 Å². The van der Waals surface area contributed by atoms with E-state index in [9.17, 15) is 0 Å². The third-order valence-corrected chi connectivity index (χ3v) is 4.75. The maximum atomic E-state index is 9.12. The number of hydrogen-bond acceptors (Lipinski definition) is 2. The minimum Gasteiger partial charge on any atom is -0.392 e. The van der Waals surface area contributed by atoms with Gasteiger partial charge in [-0.1, -0.05) is 37.9 Å². The quantitative estimate of drug-likeness (QED) is 0.899. The van der Waals surface area contributed by atoms with Crippen LogP contribution in [0, 0.1) is 5.41 Å². The van der Waals surface area contributed by atoms with Crippen molar-refractivity contribution in [2.75, 3.05) is 18.0 Å². The summed E-state index contributed by atoms with van der Waals surface area (Å²) in [5.74, 6) is 0. The van der Waals surface area contributed by atoms with E-state index in [1.807, 2.05) is 12.1 Å². The lowest BCUT2D eigenvalue weighted by atomic mass is 9.78. The molecule has 0 unspecified atom stereocenters. The predicted octanol–water partition coefficient (Wildman–Crippen LogP) is 3.85. The van der Waals surface area contributed by atoms with Gasteiger partial charge in [0.15, 0.2) is 0 Å². The number of piperidine rings is 1. The molecular formula is C15H22ClNO. The molecule has 0 radical (unpaired) electrons. The first-order chi connectivity index (χ1) is 8.58. The van der Waals surface area contributed by atoms with Crippen LogP contribution in [0.5, 0.6) is 0 Å². The van der Waals surface area contributed by atoms with Gasteiger partial charge in [-0.15, -0.1) is 0 Å². The lowest BCUT2D eigenvalue weighted by Gasteiger charge is -2.40. The van der Waals surface area contributed by atoms with Crippen LogP contribution < -0.4 is 4.90 Å². The number of hydrogen-bond donors (Lipinski definition) is 1. The maximum Gasteiger partial charge on any atom is 0.0696 e. The molecule has 1 heterocycles. The molecule has 1 aromatic carbocycles. The highest BCUT2D eigenvalue weighted by Crippen LogP contribution is 2.36. The standard InChI is InChI=1S/C15H22ClNO/c1-3-15(2)6-8-17(9-7-15)13-5-4-12(11-18)14(16)10-13/h4-5,10,18H,3,6-9,11H2,1-2H3. The summed E-state index contributed by atoms with van der Waals surface area (Å²) in [7, 11) is 0. The van der Waals surface area contributed by atoms with Crippen LogP contribution in [-0.4, -0.2) is 18.2 Å². The van der Waals surface area contributed by atoms with E-state index < -0.39 is 0 Å². The molecule has 0 aliphatic carbocycles. The molecule has 1 aliphatic heterocycles. The van der Waals surface area contributed by atoms with Crippen molar-refractivity contribution in [2.45, 2.75) is 39.7 Å². The fourth-order valence-electron chi connectivity index (χ4n) is 2.52. The Morgan fingerprint density at radius 3 is 2.50 bits per heavy atom. The van der Waals surface area contributed by atoms with Crippen molar-refractivity contribution < 1.29 is 5.11 Å². The minimum atomic E-state index is 0.00696. The zero-order valence-electron chi connectivity index (χ0n) is 11.2. The summed E-state index contributed by atoms with van der Waals surface area (Å²) in [5.41, 5.74) is 2.48. The smallest absolute Gasteiger partial charge is 0.0696 e. The highest BCUT2D eigenvalue weighted by molar-refractivity contribution is 6.31. The third-order valence-electron chi connectivity index (χ3n) is 4.40. The molecule has 1 saturated heterocycles. The van der Waals surface area contributed by atoms with Gasteiger partial charge in [0.05, 0.1) is 6.61 Å².